The van der Waals surface area contributed by atoms with E-state index in [1.54, 1.807) is 43.7 Å². The Morgan fingerprint density at radius 1 is 1.09 bits per heavy atom. The molecule has 0 aliphatic rings. The Balaban J connectivity index is 1.71. The number of nitrogens with zero attached hydrogens (tertiary/aromatic N) is 3. The quantitative estimate of drug-likeness (QED) is 0.190. The van der Waals surface area contributed by atoms with Crippen molar-refractivity contribution in [3.05, 3.63) is 99.8 Å². The van der Waals surface area contributed by atoms with Gasteiger partial charge in [-0.3, -0.25) is 4.79 Å². The highest BCUT2D eigenvalue weighted by molar-refractivity contribution is 9.10. The summed E-state index contributed by atoms with van der Waals surface area (Å²) in [6.07, 6.45) is 3.22. The predicted molar refractivity (Wildman–Crippen MR) is 141 cm³/mol. The van der Waals surface area contributed by atoms with E-state index in [1.165, 1.54) is 4.68 Å². The van der Waals surface area contributed by atoms with Crippen molar-refractivity contribution in [3.63, 3.8) is 0 Å². The van der Waals surface area contributed by atoms with Gasteiger partial charge in [0.2, 0.25) is 5.82 Å². The molecule has 0 fully saturated rings. The van der Waals surface area contributed by atoms with E-state index in [-0.39, 0.29) is 11.4 Å². The van der Waals surface area contributed by atoms with Gasteiger partial charge in [-0.25, -0.2) is 4.98 Å². The summed E-state index contributed by atoms with van der Waals surface area (Å²) in [5, 5.41) is 5.74. The lowest BCUT2D eigenvalue weighted by Gasteiger charge is -2.09. The summed E-state index contributed by atoms with van der Waals surface area (Å²) in [6.45, 7) is 4.03. The second kappa shape index (κ2) is 9.60. The fourth-order valence-corrected chi connectivity index (χ4v) is 4.11. The summed E-state index contributed by atoms with van der Waals surface area (Å²) in [4.78, 5) is 18.2. The number of fused-ring (bicyclic) bond motifs is 2. The molecule has 3 aromatic carbocycles. The zero-order valence-corrected chi connectivity index (χ0v) is 20.4. The summed E-state index contributed by atoms with van der Waals surface area (Å²) >= 11 is 3.48. The van der Waals surface area contributed by atoms with Crippen molar-refractivity contribution < 1.29 is 13.9 Å². The standard InChI is InChI=1S/C27H20BrN3O4/c1-3-13-34-22-12-11-18(28)14-17(22)16-29-31-26(30-21-8-5-4-7-19(21)27(31)32)25-15-20-23(33-2)9-6-10-24(20)35-25/h3-12,14-16H,1,13H2,2H3. The van der Waals surface area contributed by atoms with Crippen LogP contribution in [0.2, 0.25) is 0 Å². The molecule has 174 valence electrons. The lowest BCUT2D eigenvalue weighted by atomic mass is 10.2. The zero-order chi connectivity index (χ0) is 24.4. The lowest BCUT2D eigenvalue weighted by molar-refractivity contribution is 0.362. The molecule has 0 bridgehead atoms. The molecule has 0 N–H and O–H groups in total. The van der Waals surface area contributed by atoms with Crippen LogP contribution < -0.4 is 15.0 Å². The Labute approximate surface area is 209 Å². The maximum absolute atomic E-state index is 13.5. The van der Waals surface area contributed by atoms with Crippen LogP contribution in [0, 0.1) is 0 Å². The van der Waals surface area contributed by atoms with Crippen molar-refractivity contribution >= 4 is 44.0 Å². The molecule has 0 atom stereocenters. The summed E-state index contributed by atoms with van der Waals surface area (Å²) in [5.41, 5.74) is 1.52. The molecule has 35 heavy (non-hydrogen) atoms. The van der Waals surface area contributed by atoms with Crippen LogP contribution >= 0.6 is 15.9 Å². The predicted octanol–water partition coefficient (Wildman–Crippen LogP) is 6.03. The third-order valence-corrected chi connectivity index (χ3v) is 5.85. The lowest BCUT2D eigenvalue weighted by Crippen LogP contribution is -2.20. The largest absolute Gasteiger partial charge is 0.496 e. The minimum absolute atomic E-state index is 0.270. The molecule has 0 saturated carbocycles. The maximum atomic E-state index is 13.5. The number of ether oxygens (including phenoxy) is 2. The average molecular weight is 530 g/mol. The van der Waals surface area contributed by atoms with Gasteiger partial charge in [0.15, 0.2) is 5.76 Å². The van der Waals surface area contributed by atoms with E-state index in [9.17, 15) is 4.79 Å². The van der Waals surface area contributed by atoms with Crippen LogP contribution in [0.25, 0.3) is 33.5 Å². The Morgan fingerprint density at radius 3 is 2.77 bits per heavy atom. The fraction of sp³-hybridized carbons (Fsp3) is 0.0741. The number of halogens is 1. The van der Waals surface area contributed by atoms with Crippen LogP contribution in [0.3, 0.4) is 0 Å². The van der Waals surface area contributed by atoms with Gasteiger partial charge in [-0.05, 0) is 48.5 Å². The molecule has 0 unspecified atom stereocenters. The molecule has 5 rings (SSSR count). The molecule has 0 saturated heterocycles. The third kappa shape index (κ3) is 4.36. The van der Waals surface area contributed by atoms with E-state index in [1.807, 2.05) is 42.5 Å². The van der Waals surface area contributed by atoms with E-state index in [4.69, 9.17) is 18.9 Å². The van der Waals surface area contributed by atoms with Crippen molar-refractivity contribution in [3.8, 4) is 23.1 Å². The Hall–Kier alpha value is -4.17. The second-order valence-corrected chi connectivity index (χ2v) is 8.49. The number of methoxy groups -OCH3 is 1. The van der Waals surface area contributed by atoms with Gasteiger partial charge in [0, 0.05) is 10.0 Å². The zero-order valence-electron chi connectivity index (χ0n) is 18.8. The molecule has 8 heteroatoms. The van der Waals surface area contributed by atoms with E-state index in [0.717, 1.165) is 9.86 Å². The van der Waals surface area contributed by atoms with Crippen molar-refractivity contribution in [1.29, 1.82) is 0 Å². The number of aromatic nitrogens is 2. The van der Waals surface area contributed by atoms with Crippen LogP contribution in [0.1, 0.15) is 5.56 Å². The molecule has 5 aromatic rings. The van der Waals surface area contributed by atoms with Crippen molar-refractivity contribution in [2.45, 2.75) is 0 Å². The molecule has 0 aliphatic carbocycles. The number of furan rings is 1. The first kappa shape index (κ1) is 22.6. The van der Waals surface area contributed by atoms with Crippen LogP contribution in [-0.4, -0.2) is 29.6 Å². The third-order valence-electron chi connectivity index (χ3n) is 5.36. The van der Waals surface area contributed by atoms with Gasteiger partial charge >= 0.3 is 0 Å². The van der Waals surface area contributed by atoms with Gasteiger partial charge in [0.05, 0.1) is 29.6 Å². The van der Waals surface area contributed by atoms with E-state index in [2.05, 4.69) is 27.6 Å². The Kier molecular flexibility index (Phi) is 6.20. The minimum Gasteiger partial charge on any atom is -0.496 e. The summed E-state index contributed by atoms with van der Waals surface area (Å²) in [5.74, 6) is 1.93. The highest BCUT2D eigenvalue weighted by atomic mass is 79.9. The SMILES string of the molecule is C=CCOc1ccc(Br)cc1C=Nn1c(-c2cc3c(OC)cccc3o2)nc2ccccc2c1=O. The van der Waals surface area contributed by atoms with Crippen molar-refractivity contribution in [1.82, 2.24) is 9.66 Å². The van der Waals surface area contributed by atoms with Crippen LogP contribution in [0.15, 0.2) is 98.2 Å². The number of benzene rings is 3. The van der Waals surface area contributed by atoms with Gasteiger partial charge in [0.1, 0.15) is 23.7 Å². The van der Waals surface area contributed by atoms with E-state index >= 15 is 0 Å². The first-order valence-electron chi connectivity index (χ1n) is 10.8. The van der Waals surface area contributed by atoms with Crippen LogP contribution in [0.5, 0.6) is 11.5 Å². The van der Waals surface area contributed by atoms with Crippen LogP contribution in [-0.2, 0) is 0 Å². The maximum Gasteiger partial charge on any atom is 0.282 e. The molecule has 0 amide bonds. The molecular formula is C27H20BrN3O4. The average Bonchev–Trinajstić information content (AvgIpc) is 3.32. The fourth-order valence-electron chi connectivity index (χ4n) is 3.73. The first-order chi connectivity index (χ1) is 17.1. The van der Waals surface area contributed by atoms with Gasteiger partial charge in [-0.1, -0.05) is 46.8 Å². The Bertz CT molecular complexity index is 1650. The normalized spacial score (nSPS) is 11.4. The minimum atomic E-state index is -0.321. The van der Waals surface area contributed by atoms with Gasteiger partial charge < -0.3 is 13.9 Å². The Morgan fingerprint density at radius 2 is 1.94 bits per heavy atom. The highest BCUT2D eigenvalue weighted by Gasteiger charge is 2.18. The smallest absolute Gasteiger partial charge is 0.282 e. The highest BCUT2D eigenvalue weighted by Crippen LogP contribution is 2.33. The van der Waals surface area contributed by atoms with Crippen molar-refractivity contribution in [2.24, 2.45) is 5.10 Å². The molecule has 2 heterocycles. The summed E-state index contributed by atoms with van der Waals surface area (Å²) in [7, 11) is 1.60. The summed E-state index contributed by atoms with van der Waals surface area (Å²) < 4.78 is 19.4. The van der Waals surface area contributed by atoms with E-state index in [0.29, 0.717) is 45.9 Å². The molecular weight excluding hydrogens is 510 g/mol. The number of hydrogen-bond acceptors (Lipinski definition) is 6. The van der Waals surface area contributed by atoms with E-state index < -0.39 is 0 Å². The monoisotopic (exact) mass is 529 g/mol. The molecule has 0 radical (unpaired) electrons. The second-order valence-electron chi connectivity index (χ2n) is 7.58. The number of hydrogen-bond donors (Lipinski definition) is 0. The molecule has 2 aromatic heterocycles. The topological polar surface area (TPSA) is 78.8 Å². The molecule has 7 nitrogen and oxygen atoms in total. The number of rotatable bonds is 7. The van der Waals surface area contributed by atoms with Crippen molar-refractivity contribution in [2.75, 3.05) is 13.7 Å². The molecule has 0 aliphatic heterocycles. The van der Waals surface area contributed by atoms with Gasteiger partial charge in [0.25, 0.3) is 5.56 Å². The first-order valence-corrected chi connectivity index (χ1v) is 11.5. The van der Waals surface area contributed by atoms with Gasteiger partial charge in [-0.2, -0.15) is 9.78 Å². The molecule has 0 spiro atoms. The van der Waals surface area contributed by atoms with Crippen LogP contribution in [0.4, 0.5) is 0 Å². The van der Waals surface area contributed by atoms with Gasteiger partial charge in [-0.15, -0.1) is 0 Å². The summed E-state index contributed by atoms with van der Waals surface area (Å²) in [6, 6.07) is 20.0. The number of para-hydroxylation sites is 1.